The molecule has 34 heavy (non-hydrogen) atoms. The van der Waals surface area contributed by atoms with Gasteiger partial charge in [-0.15, -0.1) is 49.6 Å². The fourth-order valence-corrected chi connectivity index (χ4v) is 5.03. The van der Waals surface area contributed by atoms with Crippen molar-refractivity contribution < 1.29 is 0 Å². The van der Waals surface area contributed by atoms with Gasteiger partial charge in [0, 0.05) is 25.2 Å². The summed E-state index contributed by atoms with van der Waals surface area (Å²) in [6.07, 6.45) is 10.9. The minimum absolute atomic E-state index is 0. The van der Waals surface area contributed by atoms with E-state index in [1.165, 1.54) is 88.7 Å². The molecule has 4 nitrogen and oxygen atoms in total. The van der Waals surface area contributed by atoms with Crippen molar-refractivity contribution in [3.05, 3.63) is 35.4 Å². The number of hydrogen-bond donors (Lipinski definition) is 2. The van der Waals surface area contributed by atoms with Crippen LogP contribution in [0.4, 0.5) is 0 Å². The molecule has 202 valence electrons. The summed E-state index contributed by atoms with van der Waals surface area (Å²) in [5, 5.41) is 7.25. The summed E-state index contributed by atoms with van der Waals surface area (Å²) in [6, 6.07) is 10.7. The van der Waals surface area contributed by atoms with Gasteiger partial charge in [-0.2, -0.15) is 0 Å². The fraction of sp³-hybridized carbons (Fsp3) is 0.769. The quantitative estimate of drug-likeness (QED) is 0.304. The zero-order valence-electron chi connectivity index (χ0n) is 21.3. The lowest BCUT2D eigenvalue weighted by Crippen LogP contribution is -2.38. The molecule has 2 aliphatic heterocycles. The predicted molar refractivity (Wildman–Crippen MR) is 158 cm³/mol. The van der Waals surface area contributed by atoms with Crippen molar-refractivity contribution in [1.29, 1.82) is 0 Å². The molecule has 1 aromatic rings. The zero-order chi connectivity index (χ0) is 21.0. The maximum atomic E-state index is 3.62. The molecular formula is C26H50Cl4N4. The normalized spacial score (nSPS) is 20.9. The first kappa shape index (κ1) is 36.4. The Morgan fingerprint density at radius 1 is 0.647 bits per heavy atom. The molecule has 0 bridgehead atoms. The lowest BCUT2D eigenvalue weighted by molar-refractivity contribution is 0.159. The maximum absolute atomic E-state index is 3.62. The Labute approximate surface area is 234 Å². The van der Waals surface area contributed by atoms with E-state index in [-0.39, 0.29) is 49.6 Å². The Morgan fingerprint density at radius 3 is 1.38 bits per heavy atom. The van der Waals surface area contributed by atoms with E-state index in [1.54, 1.807) is 0 Å². The van der Waals surface area contributed by atoms with Crippen LogP contribution in [0.15, 0.2) is 24.3 Å². The van der Waals surface area contributed by atoms with Gasteiger partial charge in [-0.1, -0.05) is 37.1 Å². The molecule has 2 saturated heterocycles. The minimum atomic E-state index is 0. The lowest BCUT2D eigenvalue weighted by atomic mass is 10.0. The van der Waals surface area contributed by atoms with Gasteiger partial charge >= 0.3 is 0 Å². The highest BCUT2D eigenvalue weighted by Gasteiger charge is 2.17. The van der Waals surface area contributed by atoms with Crippen LogP contribution in [0.1, 0.15) is 76.3 Å². The standard InChI is InChI=1S/C26H46N4.4ClH/c1-23-9-3-5-17-29(23)19-7-15-27-21-25-11-13-26(14-12-25)22-28-16-8-20-30-18-6-4-10-24(30)2;;;;/h11-14,23-24,27-28H,3-10,15-22H2,1-2H3;4*1H/t23-,24-;;;;/m1..../s1. The van der Waals surface area contributed by atoms with Gasteiger partial charge in [-0.05, 0) is 103 Å². The smallest absolute Gasteiger partial charge is 0.0205 e. The van der Waals surface area contributed by atoms with E-state index in [2.05, 4.69) is 58.5 Å². The van der Waals surface area contributed by atoms with Gasteiger partial charge in [-0.3, -0.25) is 0 Å². The van der Waals surface area contributed by atoms with Gasteiger partial charge in [0.1, 0.15) is 0 Å². The van der Waals surface area contributed by atoms with Crippen LogP contribution in [0.25, 0.3) is 0 Å². The molecule has 8 heteroatoms. The molecule has 0 radical (unpaired) electrons. The Hall–Kier alpha value is 0.220. The number of halogens is 4. The second kappa shape index (κ2) is 21.3. The van der Waals surface area contributed by atoms with E-state index < -0.39 is 0 Å². The van der Waals surface area contributed by atoms with Crippen molar-refractivity contribution in [2.24, 2.45) is 0 Å². The van der Waals surface area contributed by atoms with Gasteiger partial charge in [-0.25, -0.2) is 0 Å². The number of nitrogens with one attached hydrogen (secondary N) is 2. The van der Waals surface area contributed by atoms with Crippen LogP contribution in [0, 0.1) is 0 Å². The monoisotopic (exact) mass is 558 g/mol. The van der Waals surface area contributed by atoms with Gasteiger partial charge in [0.25, 0.3) is 0 Å². The molecule has 2 heterocycles. The molecule has 0 saturated carbocycles. The first-order valence-corrected chi connectivity index (χ1v) is 12.7. The third-order valence-corrected chi connectivity index (χ3v) is 7.16. The van der Waals surface area contributed by atoms with Crippen LogP contribution < -0.4 is 10.6 Å². The minimum Gasteiger partial charge on any atom is -0.313 e. The molecule has 0 aliphatic carbocycles. The zero-order valence-corrected chi connectivity index (χ0v) is 24.6. The van der Waals surface area contributed by atoms with Crippen LogP contribution in [-0.2, 0) is 13.1 Å². The van der Waals surface area contributed by atoms with E-state index >= 15 is 0 Å². The van der Waals surface area contributed by atoms with Gasteiger partial charge in [0.15, 0.2) is 0 Å². The summed E-state index contributed by atoms with van der Waals surface area (Å²) in [5.41, 5.74) is 2.79. The van der Waals surface area contributed by atoms with E-state index in [9.17, 15) is 0 Å². The number of likely N-dealkylation sites (tertiary alicyclic amines) is 2. The summed E-state index contributed by atoms with van der Waals surface area (Å²) in [7, 11) is 0. The van der Waals surface area contributed by atoms with E-state index in [0.29, 0.717) is 0 Å². The van der Waals surface area contributed by atoms with Crippen molar-refractivity contribution in [2.75, 3.05) is 39.3 Å². The molecule has 3 rings (SSSR count). The first-order valence-electron chi connectivity index (χ1n) is 12.7. The van der Waals surface area contributed by atoms with Gasteiger partial charge in [0.05, 0.1) is 0 Å². The average molecular weight is 561 g/mol. The molecule has 0 unspecified atom stereocenters. The first-order chi connectivity index (χ1) is 14.7. The fourth-order valence-electron chi connectivity index (χ4n) is 5.03. The largest absolute Gasteiger partial charge is 0.313 e. The molecule has 0 spiro atoms. The SMILES string of the molecule is C[C@@H]1CCCCN1CCCNCc1ccc(CNCCCN2CCCC[C@H]2C)cc1.Cl.Cl.Cl.Cl. The third-order valence-electron chi connectivity index (χ3n) is 7.16. The van der Waals surface area contributed by atoms with Crippen molar-refractivity contribution in [1.82, 2.24) is 20.4 Å². The Kier molecular flexibility index (Phi) is 22.8. The van der Waals surface area contributed by atoms with Crippen LogP contribution in [0.2, 0.25) is 0 Å². The molecule has 1 aromatic carbocycles. The average Bonchev–Trinajstić information content (AvgIpc) is 2.77. The summed E-state index contributed by atoms with van der Waals surface area (Å²) in [4.78, 5) is 5.33. The molecular weight excluding hydrogens is 510 g/mol. The van der Waals surface area contributed by atoms with Crippen LogP contribution in [0.5, 0.6) is 0 Å². The van der Waals surface area contributed by atoms with E-state index in [0.717, 1.165) is 38.3 Å². The number of rotatable bonds is 12. The van der Waals surface area contributed by atoms with E-state index in [4.69, 9.17) is 0 Å². The summed E-state index contributed by atoms with van der Waals surface area (Å²) < 4.78 is 0. The highest BCUT2D eigenvalue weighted by molar-refractivity contribution is 5.86. The Morgan fingerprint density at radius 2 is 1.03 bits per heavy atom. The Balaban J connectivity index is 0. The van der Waals surface area contributed by atoms with Gasteiger partial charge in [0.2, 0.25) is 0 Å². The molecule has 0 aromatic heterocycles. The van der Waals surface area contributed by atoms with Crippen molar-refractivity contribution in [3.63, 3.8) is 0 Å². The molecule has 2 fully saturated rings. The predicted octanol–water partition coefficient (Wildman–Crippen LogP) is 6.08. The van der Waals surface area contributed by atoms with Crippen LogP contribution >= 0.6 is 49.6 Å². The number of hydrogen-bond acceptors (Lipinski definition) is 4. The third kappa shape index (κ3) is 13.5. The van der Waals surface area contributed by atoms with Crippen molar-refractivity contribution >= 4 is 49.6 Å². The van der Waals surface area contributed by atoms with Crippen LogP contribution in [-0.4, -0.2) is 61.2 Å². The van der Waals surface area contributed by atoms with Crippen molar-refractivity contribution in [2.45, 2.75) is 90.4 Å². The van der Waals surface area contributed by atoms with Crippen LogP contribution in [0.3, 0.4) is 0 Å². The lowest BCUT2D eigenvalue weighted by Gasteiger charge is -2.33. The highest BCUT2D eigenvalue weighted by Crippen LogP contribution is 2.17. The second-order valence-electron chi connectivity index (χ2n) is 9.64. The van der Waals surface area contributed by atoms with E-state index in [1.807, 2.05) is 0 Å². The number of nitrogens with zero attached hydrogens (tertiary/aromatic N) is 2. The topological polar surface area (TPSA) is 30.5 Å². The summed E-state index contributed by atoms with van der Waals surface area (Å²) in [6.45, 7) is 14.1. The second-order valence-corrected chi connectivity index (χ2v) is 9.64. The van der Waals surface area contributed by atoms with Gasteiger partial charge < -0.3 is 20.4 Å². The Bertz CT molecular complexity index is 540. The highest BCUT2D eigenvalue weighted by atomic mass is 35.5. The summed E-state index contributed by atoms with van der Waals surface area (Å²) >= 11 is 0. The molecule has 2 aliphatic rings. The number of piperidine rings is 2. The summed E-state index contributed by atoms with van der Waals surface area (Å²) in [5.74, 6) is 0. The molecule has 2 N–H and O–H groups in total. The molecule has 2 atom stereocenters. The number of benzene rings is 1. The van der Waals surface area contributed by atoms with Crippen molar-refractivity contribution in [3.8, 4) is 0 Å². The molecule has 0 amide bonds. The maximum Gasteiger partial charge on any atom is 0.0205 e.